The molecule has 0 radical (unpaired) electrons. The Hall–Kier alpha value is -4.29. The van der Waals surface area contributed by atoms with Crippen molar-refractivity contribution in [3.05, 3.63) is 87.7 Å². The van der Waals surface area contributed by atoms with Crippen molar-refractivity contribution in [1.29, 1.82) is 0 Å². The van der Waals surface area contributed by atoms with Gasteiger partial charge in [0.2, 0.25) is 6.23 Å². The minimum Gasteiger partial charge on any atom is -0.473 e. The van der Waals surface area contributed by atoms with Gasteiger partial charge in [-0.05, 0) is 55.2 Å². The normalized spacial score (nSPS) is 23.8. The molecular formula is C27H20F6N2O5. The monoisotopic (exact) mass is 566 g/mol. The quantitative estimate of drug-likeness (QED) is 0.277. The zero-order chi connectivity index (χ0) is 29.3. The number of imide groups is 1. The number of carbonyl (C=O) groups excluding carboxylic acids is 2. The molecule has 1 fully saturated rings. The third-order valence-corrected chi connectivity index (χ3v) is 7.45. The summed E-state index contributed by atoms with van der Waals surface area (Å²) in [5.41, 5.74) is -2.30. The highest BCUT2D eigenvalue weighted by molar-refractivity contribution is 6.09. The first kappa shape index (κ1) is 27.3. The summed E-state index contributed by atoms with van der Waals surface area (Å²) in [6, 6.07) is 6.91. The number of fused-ring (bicyclic) bond motifs is 3. The average Bonchev–Trinajstić information content (AvgIpc) is 3.44. The van der Waals surface area contributed by atoms with E-state index in [2.05, 4.69) is 0 Å². The number of rotatable bonds is 3. The molecule has 5 rings (SSSR count). The third-order valence-electron chi connectivity index (χ3n) is 7.45. The Labute approximate surface area is 222 Å². The summed E-state index contributed by atoms with van der Waals surface area (Å²) in [6.45, 7) is 2.76. The molecule has 2 aromatic rings. The third kappa shape index (κ3) is 4.29. The molecule has 1 N–H and O–H groups in total. The highest BCUT2D eigenvalue weighted by Gasteiger charge is 2.52. The van der Waals surface area contributed by atoms with Gasteiger partial charge in [-0.2, -0.15) is 26.3 Å². The number of ether oxygens (including phenoxy) is 1. The molecule has 0 bridgehead atoms. The smallest absolute Gasteiger partial charge is 0.416 e. The van der Waals surface area contributed by atoms with Crippen molar-refractivity contribution in [3.63, 3.8) is 0 Å². The minimum atomic E-state index is -5.14. The van der Waals surface area contributed by atoms with E-state index in [0.717, 1.165) is 11.8 Å². The number of anilines is 1. The predicted molar refractivity (Wildman–Crippen MR) is 127 cm³/mol. The number of hydrogen-bond donors (Lipinski definition) is 1. The number of amides is 3. The number of benzene rings is 2. The van der Waals surface area contributed by atoms with Gasteiger partial charge in [0.1, 0.15) is 0 Å². The Balaban J connectivity index is 1.55. The lowest BCUT2D eigenvalue weighted by molar-refractivity contribution is -0.143. The van der Waals surface area contributed by atoms with Crippen LogP contribution in [0.1, 0.15) is 42.1 Å². The lowest BCUT2D eigenvalue weighted by atomic mass is 9.97. The standard InChI is InChI=1S/C27H20F6N2O5/c1-12-13(2)24(34(22(12)36)17-9-15(26(28,29)30)8-16(10-17)27(31,32)33)40-11-20-19-7-14-5-3-4-6-18(14)21(19)35(23(20)37)25(38)39/h3-6,8-11,19,21,24H,7H2,1-2H3,(H,38,39)/b20-11+. The van der Waals surface area contributed by atoms with Crippen LogP contribution in [0.4, 0.5) is 36.8 Å². The van der Waals surface area contributed by atoms with Crippen molar-refractivity contribution in [2.24, 2.45) is 5.92 Å². The topological polar surface area (TPSA) is 87.2 Å². The number of carbonyl (C=O) groups is 3. The summed E-state index contributed by atoms with van der Waals surface area (Å²) in [7, 11) is 0. The number of carboxylic acid groups (broad SMARTS) is 1. The molecule has 0 saturated carbocycles. The van der Waals surface area contributed by atoms with Crippen LogP contribution in [-0.2, 0) is 33.1 Å². The van der Waals surface area contributed by atoms with Gasteiger partial charge in [0.05, 0.1) is 29.0 Å². The second-order valence-electron chi connectivity index (χ2n) is 9.72. The van der Waals surface area contributed by atoms with E-state index in [0.29, 0.717) is 33.9 Å². The molecule has 1 saturated heterocycles. The molecule has 2 aromatic carbocycles. The van der Waals surface area contributed by atoms with Crippen molar-refractivity contribution < 1.29 is 50.6 Å². The number of likely N-dealkylation sites (tertiary alicyclic amines) is 1. The Bertz CT molecular complexity index is 1480. The van der Waals surface area contributed by atoms with Crippen molar-refractivity contribution in [3.8, 4) is 0 Å². The van der Waals surface area contributed by atoms with Crippen molar-refractivity contribution in [2.75, 3.05) is 4.90 Å². The molecule has 3 atom stereocenters. The number of halogens is 6. The van der Waals surface area contributed by atoms with E-state index in [4.69, 9.17) is 4.74 Å². The van der Waals surface area contributed by atoms with Crippen molar-refractivity contribution in [2.45, 2.75) is 44.9 Å². The summed E-state index contributed by atoms with van der Waals surface area (Å²) < 4.78 is 86.7. The summed E-state index contributed by atoms with van der Waals surface area (Å²) in [4.78, 5) is 39.4. The SMILES string of the molecule is CC1=C(C)C(O/C=C2/C(=O)N(C(=O)O)C3c4ccccc4CC23)N(c2cc(C(F)(F)F)cc(C(F)(F)F)c2)C1=O. The van der Waals surface area contributed by atoms with Gasteiger partial charge in [-0.25, -0.2) is 9.69 Å². The summed E-state index contributed by atoms with van der Waals surface area (Å²) >= 11 is 0. The van der Waals surface area contributed by atoms with Gasteiger partial charge in [0.15, 0.2) is 0 Å². The van der Waals surface area contributed by atoms with Crippen LogP contribution in [0.15, 0.2) is 65.4 Å². The molecule has 3 amide bonds. The fourth-order valence-corrected chi connectivity index (χ4v) is 5.41. The van der Waals surface area contributed by atoms with Gasteiger partial charge in [0.25, 0.3) is 11.8 Å². The summed E-state index contributed by atoms with van der Waals surface area (Å²) in [5.74, 6) is -2.39. The molecule has 210 valence electrons. The molecule has 3 unspecified atom stereocenters. The molecule has 2 heterocycles. The van der Waals surface area contributed by atoms with E-state index in [1.165, 1.54) is 13.8 Å². The summed E-state index contributed by atoms with van der Waals surface area (Å²) in [5, 5.41) is 9.73. The van der Waals surface area contributed by atoms with E-state index in [1.807, 2.05) is 0 Å². The fraction of sp³-hybridized carbons (Fsp3) is 0.296. The van der Waals surface area contributed by atoms with Gasteiger partial charge >= 0.3 is 18.4 Å². The zero-order valence-electron chi connectivity index (χ0n) is 20.8. The van der Waals surface area contributed by atoms with Gasteiger partial charge in [0, 0.05) is 17.2 Å². The molecule has 0 spiro atoms. The number of hydrogen-bond acceptors (Lipinski definition) is 4. The van der Waals surface area contributed by atoms with E-state index < -0.39 is 65.3 Å². The first-order chi connectivity index (χ1) is 18.6. The van der Waals surface area contributed by atoms with Crippen LogP contribution in [0, 0.1) is 5.92 Å². The Kier molecular flexibility index (Phi) is 6.23. The van der Waals surface area contributed by atoms with Crippen LogP contribution in [0.3, 0.4) is 0 Å². The molecule has 13 heteroatoms. The molecule has 7 nitrogen and oxygen atoms in total. The Morgan fingerprint density at radius 3 is 2.15 bits per heavy atom. The van der Waals surface area contributed by atoms with Crippen LogP contribution >= 0.6 is 0 Å². The molecule has 0 aromatic heterocycles. The van der Waals surface area contributed by atoms with Crippen LogP contribution in [0.2, 0.25) is 0 Å². The fourth-order valence-electron chi connectivity index (χ4n) is 5.41. The molecule has 40 heavy (non-hydrogen) atoms. The predicted octanol–water partition coefficient (Wildman–Crippen LogP) is 6.07. The van der Waals surface area contributed by atoms with Crippen LogP contribution in [0.25, 0.3) is 0 Å². The van der Waals surface area contributed by atoms with Crippen molar-refractivity contribution in [1.82, 2.24) is 4.90 Å². The van der Waals surface area contributed by atoms with Crippen LogP contribution in [0.5, 0.6) is 0 Å². The van der Waals surface area contributed by atoms with E-state index in [-0.39, 0.29) is 22.8 Å². The lowest BCUT2D eigenvalue weighted by Crippen LogP contribution is -2.37. The maximum atomic E-state index is 13.5. The Morgan fingerprint density at radius 1 is 0.975 bits per heavy atom. The zero-order valence-corrected chi connectivity index (χ0v) is 20.8. The van der Waals surface area contributed by atoms with Crippen LogP contribution < -0.4 is 4.90 Å². The van der Waals surface area contributed by atoms with E-state index >= 15 is 0 Å². The van der Waals surface area contributed by atoms with Gasteiger partial charge in [-0.15, -0.1) is 0 Å². The van der Waals surface area contributed by atoms with Gasteiger partial charge < -0.3 is 9.84 Å². The van der Waals surface area contributed by atoms with Gasteiger partial charge in [-0.1, -0.05) is 24.3 Å². The Morgan fingerprint density at radius 2 is 1.57 bits per heavy atom. The second kappa shape index (κ2) is 9.14. The highest BCUT2D eigenvalue weighted by atomic mass is 19.4. The molecule has 2 aliphatic heterocycles. The second-order valence-corrected chi connectivity index (χ2v) is 9.72. The maximum absolute atomic E-state index is 13.5. The average molecular weight is 566 g/mol. The van der Waals surface area contributed by atoms with Crippen LogP contribution in [-0.4, -0.2) is 34.1 Å². The molecule has 3 aliphatic rings. The molecule has 1 aliphatic carbocycles. The minimum absolute atomic E-state index is 0.0328. The van der Waals surface area contributed by atoms with Gasteiger partial charge in [-0.3, -0.25) is 14.5 Å². The lowest BCUT2D eigenvalue weighted by Gasteiger charge is -2.27. The van der Waals surface area contributed by atoms with Crippen molar-refractivity contribution >= 4 is 23.6 Å². The highest BCUT2D eigenvalue weighted by Crippen LogP contribution is 2.50. The molecular weight excluding hydrogens is 546 g/mol. The largest absolute Gasteiger partial charge is 0.473 e. The first-order valence-corrected chi connectivity index (χ1v) is 11.9. The van der Waals surface area contributed by atoms with E-state index in [9.17, 15) is 45.8 Å². The van der Waals surface area contributed by atoms with E-state index in [1.54, 1.807) is 24.3 Å². The number of nitrogens with zero attached hydrogens (tertiary/aromatic N) is 2. The number of alkyl halides is 6. The summed E-state index contributed by atoms with van der Waals surface area (Å²) in [6.07, 6.45) is -12.0. The first-order valence-electron chi connectivity index (χ1n) is 11.9. The maximum Gasteiger partial charge on any atom is 0.416 e.